The first-order valence-corrected chi connectivity index (χ1v) is 12.3. The smallest absolute Gasteiger partial charge is 0.380 e. The molecule has 0 unspecified atom stereocenters. The molecule has 7 heteroatoms. The highest BCUT2D eigenvalue weighted by atomic mass is 32.2. The molecule has 0 fully saturated rings. The molecule has 3 N–H and O–H groups in total. The van der Waals surface area contributed by atoms with Crippen molar-refractivity contribution in [3.05, 3.63) is 94.5 Å². The highest BCUT2D eigenvalue weighted by Gasteiger charge is 2.23. The zero-order chi connectivity index (χ0) is 23.6. The first-order chi connectivity index (χ1) is 15.7. The lowest BCUT2D eigenvalue weighted by Crippen LogP contribution is -2.19. The number of phenols is 1. The molecule has 0 spiro atoms. The van der Waals surface area contributed by atoms with Gasteiger partial charge >= 0.3 is 10.3 Å². The minimum atomic E-state index is -4.08. The third-order valence-electron chi connectivity index (χ3n) is 5.81. The minimum Gasteiger partial charge on any atom is -0.508 e. The number of aromatic hydroxyl groups is 1. The van der Waals surface area contributed by atoms with E-state index >= 15 is 0 Å². The number of phenolic OH excluding ortho intramolecular Hbond substituents is 1. The fourth-order valence-electron chi connectivity index (χ4n) is 4.23. The van der Waals surface area contributed by atoms with Crippen LogP contribution in [0.5, 0.6) is 11.5 Å². The van der Waals surface area contributed by atoms with Crippen molar-refractivity contribution < 1.29 is 17.7 Å². The molecule has 33 heavy (non-hydrogen) atoms. The third-order valence-corrected chi connectivity index (χ3v) is 6.24. The highest BCUT2D eigenvalue weighted by molar-refractivity contribution is 7.84. The molecule has 0 radical (unpaired) electrons. The summed E-state index contributed by atoms with van der Waals surface area (Å²) < 4.78 is 27.6. The first kappa shape index (κ1) is 23.0. The van der Waals surface area contributed by atoms with E-state index in [9.17, 15) is 13.5 Å². The Balaban J connectivity index is 1.80. The summed E-state index contributed by atoms with van der Waals surface area (Å²) in [4.78, 5) is 2.16. The second-order valence-electron chi connectivity index (χ2n) is 8.55. The van der Waals surface area contributed by atoms with E-state index in [0.717, 1.165) is 53.6 Å². The quantitative estimate of drug-likeness (QED) is 0.552. The molecule has 0 bridgehead atoms. The molecule has 0 saturated heterocycles. The molecule has 1 aliphatic rings. The van der Waals surface area contributed by atoms with Crippen LogP contribution in [0, 0.1) is 0 Å². The van der Waals surface area contributed by atoms with Crippen molar-refractivity contribution in [1.29, 1.82) is 0 Å². The van der Waals surface area contributed by atoms with Crippen molar-refractivity contribution in [3.63, 3.8) is 0 Å². The Morgan fingerprint density at radius 3 is 2.24 bits per heavy atom. The van der Waals surface area contributed by atoms with Crippen LogP contribution in [0.15, 0.2) is 66.7 Å². The van der Waals surface area contributed by atoms with Gasteiger partial charge < -0.3 is 14.2 Å². The van der Waals surface area contributed by atoms with E-state index < -0.39 is 10.3 Å². The van der Waals surface area contributed by atoms with Gasteiger partial charge in [0.25, 0.3) is 0 Å². The van der Waals surface area contributed by atoms with Crippen molar-refractivity contribution >= 4 is 21.5 Å². The molecule has 172 valence electrons. The van der Waals surface area contributed by atoms with Gasteiger partial charge in [0.2, 0.25) is 0 Å². The van der Waals surface area contributed by atoms with Gasteiger partial charge in [0.15, 0.2) is 0 Å². The van der Waals surface area contributed by atoms with Gasteiger partial charge in [0.05, 0.1) is 0 Å². The van der Waals surface area contributed by atoms with Gasteiger partial charge in [-0.2, -0.15) is 13.6 Å². The molecule has 3 aromatic carbocycles. The maximum atomic E-state index is 11.4. The first-order valence-electron chi connectivity index (χ1n) is 10.8. The van der Waals surface area contributed by atoms with Crippen LogP contribution in [0.25, 0.3) is 11.1 Å². The summed E-state index contributed by atoms with van der Waals surface area (Å²) in [5.74, 6) is 0.440. The third kappa shape index (κ3) is 5.63. The predicted octanol–water partition coefficient (Wildman–Crippen LogP) is 3.98. The molecule has 0 aliphatic heterocycles. The number of likely N-dealkylation sites (N-methyl/N-ethyl adjacent to an activating group) is 1. The molecular weight excluding hydrogens is 436 g/mol. The standard InChI is InChI=1S/C26H28N2O4S/c1-28(2)16-15-18-3-5-20(6-4-18)26-24(19-7-10-22(29)11-8-19)13-9-21-17-23(12-14-25(21)26)32-33(27,30)31/h3-8,10-12,14,17,29H,9,13,15-16H2,1-2H3,(H2,27,30,31). The van der Waals surface area contributed by atoms with Crippen LogP contribution in [0.2, 0.25) is 0 Å². The van der Waals surface area contributed by atoms with Crippen LogP contribution >= 0.6 is 0 Å². The monoisotopic (exact) mass is 464 g/mol. The van der Waals surface area contributed by atoms with Gasteiger partial charge in [-0.15, -0.1) is 0 Å². The molecule has 4 rings (SSSR count). The van der Waals surface area contributed by atoms with Crippen LogP contribution in [-0.2, 0) is 23.1 Å². The molecule has 0 heterocycles. The molecule has 6 nitrogen and oxygen atoms in total. The van der Waals surface area contributed by atoms with Gasteiger partial charge in [-0.05, 0) is 96.6 Å². The number of hydrogen-bond acceptors (Lipinski definition) is 5. The van der Waals surface area contributed by atoms with E-state index in [1.54, 1.807) is 24.3 Å². The highest BCUT2D eigenvalue weighted by Crippen LogP contribution is 2.42. The Morgan fingerprint density at radius 2 is 1.61 bits per heavy atom. The number of benzene rings is 3. The zero-order valence-electron chi connectivity index (χ0n) is 18.8. The zero-order valence-corrected chi connectivity index (χ0v) is 19.6. The summed E-state index contributed by atoms with van der Waals surface area (Å²) in [6, 6.07) is 21.1. The number of rotatable bonds is 7. The maximum Gasteiger partial charge on any atom is 0.380 e. The average Bonchev–Trinajstić information content (AvgIpc) is 2.77. The minimum absolute atomic E-state index is 0.211. The Bertz CT molecular complexity index is 1280. The van der Waals surface area contributed by atoms with Gasteiger partial charge in [0.1, 0.15) is 11.5 Å². The topological polar surface area (TPSA) is 92.9 Å². The van der Waals surface area contributed by atoms with Crippen LogP contribution in [0.4, 0.5) is 0 Å². The van der Waals surface area contributed by atoms with E-state index in [4.69, 9.17) is 9.32 Å². The summed E-state index contributed by atoms with van der Waals surface area (Å²) >= 11 is 0. The summed E-state index contributed by atoms with van der Waals surface area (Å²) in [6.45, 7) is 0.983. The number of fused-ring (bicyclic) bond motifs is 1. The molecule has 0 atom stereocenters. The Hall–Kier alpha value is -3.13. The summed E-state index contributed by atoms with van der Waals surface area (Å²) in [6.07, 6.45) is 2.48. The lowest BCUT2D eigenvalue weighted by Gasteiger charge is -2.25. The Kier molecular flexibility index (Phi) is 6.56. The second kappa shape index (κ2) is 9.39. The fourth-order valence-corrected chi connectivity index (χ4v) is 4.60. The lowest BCUT2D eigenvalue weighted by atomic mass is 9.79. The van der Waals surface area contributed by atoms with Gasteiger partial charge in [-0.3, -0.25) is 0 Å². The molecule has 0 aromatic heterocycles. The summed E-state index contributed by atoms with van der Waals surface area (Å²) in [7, 11) is 0.0480. The Morgan fingerprint density at radius 1 is 0.939 bits per heavy atom. The largest absolute Gasteiger partial charge is 0.508 e. The number of aryl methyl sites for hydroxylation is 1. The molecular formula is C26H28N2O4S. The van der Waals surface area contributed by atoms with Crippen LogP contribution in [0.3, 0.4) is 0 Å². The maximum absolute atomic E-state index is 11.4. The number of hydrogen-bond donors (Lipinski definition) is 2. The normalized spacial score (nSPS) is 13.8. The van der Waals surface area contributed by atoms with Gasteiger partial charge in [0, 0.05) is 6.54 Å². The number of allylic oxidation sites excluding steroid dienone is 1. The SMILES string of the molecule is CN(C)CCc1ccc(C2=C(c3ccc(O)cc3)CCc3cc(OS(N)(=O)=O)ccc32)cc1. The fraction of sp³-hybridized carbons (Fsp3) is 0.231. The average molecular weight is 465 g/mol. The van der Waals surface area contributed by atoms with Crippen LogP contribution in [-0.4, -0.2) is 39.1 Å². The molecule has 0 amide bonds. The van der Waals surface area contributed by atoms with Crippen molar-refractivity contribution in [2.24, 2.45) is 5.14 Å². The van der Waals surface area contributed by atoms with E-state index in [0.29, 0.717) is 0 Å². The summed E-state index contributed by atoms with van der Waals surface area (Å²) in [5.41, 5.74) is 7.74. The van der Waals surface area contributed by atoms with Crippen LogP contribution < -0.4 is 9.32 Å². The van der Waals surface area contributed by atoms with E-state index in [-0.39, 0.29) is 11.5 Å². The van der Waals surface area contributed by atoms with Crippen LogP contribution in [0.1, 0.15) is 34.2 Å². The summed E-state index contributed by atoms with van der Waals surface area (Å²) in [5, 5.41) is 14.8. The number of nitrogens with zero attached hydrogens (tertiary/aromatic N) is 1. The number of nitrogens with two attached hydrogens (primary N) is 1. The van der Waals surface area contributed by atoms with Gasteiger partial charge in [-0.25, -0.2) is 0 Å². The van der Waals surface area contributed by atoms with E-state index in [1.807, 2.05) is 18.2 Å². The van der Waals surface area contributed by atoms with Crippen molar-refractivity contribution in [2.75, 3.05) is 20.6 Å². The van der Waals surface area contributed by atoms with Crippen molar-refractivity contribution in [1.82, 2.24) is 4.90 Å². The molecule has 3 aromatic rings. The van der Waals surface area contributed by atoms with Crippen molar-refractivity contribution in [3.8, 4) is 11.5 Å². The predicted molar refractivity (Wildman–Crippen MR) is 131 cm³/mol. The second-order valence-corrected chi connectivity index (χ2v) is 9.70. The lowest BCUT2D eigenvalue weighted by molar-refractivity contribution is 0.413. The molecule has 1 aliphatic carbocycles. The van der Waals surface area contributed by atoms with E-state index in [2.05, 4.69) is 43.3 Å². The van der Waals surface area contributed by atoms with Gasteiger partial charge in [-0.1, -0.05) is 42.5 Å². The van der Waals surface area contributed by atoms with Crippen molar-refractivity contribution in [2.45, 2.75) is 19.3 Å². The molecule has 0 saturated carbocycles. The van der Waals surface area contributed by atoms with E-state index in [1.165, 1.54) is 11.1 Å². The Labute approximate surface area is 195 Å².